The van der Waals surface area contributed by atoms with Crippen LogP contribution in [0.15, 0.2) is 15.8 Å². The van der Waals surface area contributed by atoms with Crippen molar-refractivity contribution in [1.29, 1.82) is 0 Å². The maximum Gasteiger partial charge on any atom is 0.330 e. The molecule has 0 saturated heterocycles. The summed E-state index contributed by atoms with van der Waals surface area (Å²) in [5, 5.41) is 12.2. The van der Waals surface area contributed by atoms with Gasteiger partial charge in [-0.25, -0.2) is 4.79 Å². The Morgan fingerprint density at radius 1 is 1.39 bits per heavy atom. The third-order valence-corrected chi connectivity index (χ3v) is 2.81. The first kappa shape index (κ1) is 14.7. The molecule has 0 fully saturated rings. The molecule has 0 aliphatic rings. The van der Waals surface area contributed by atoms with Gasteiger partial charge in [-0.15, -0.1) is 0 Å². The van der Waals surface area contributed by atoms with E-state index in [0.717, 1.165) is 24.0 Å². The first-order chi connectivity index (χ1) is 8.43. The zero-order chi connectivity index (χ0) is 13.7. The van der Waals surface area contributed by atoms with Gasteiger partial charge in [-0.05, 0) is 26.3 Å². The number of aromatic nitrogens is 2. The molecule has 0 amide bonds. The molecule has 1 aromatic heterocycles. The Morgan fingerprint density at radius 2 is 2.06 bits per heavy atom. The monoisotopic (exact) mass is 255 g/mol. The molecule has 6 heteroatoms. The van der Waals surface area contributed by atoms with Crippen molar-refractivity contribution in [3.63, 3.8) is 0 Å². The van der Waals surface area contributed by atoms with Crippen LogP contribution in [0.1, 0.15) is 25.3 Å². The summed E-state index contributed by atoms with van der Waals surface area (Å²) < 4.78 is 2.50. The van der Waals surface area contributed by atoms with E-state index in [1.807, 2.05) is 0 Å². The number of aliphatic hydroxyl groups is 1. The number of aliphatic hydroxyl groups excluding tert-OH is 1. The van der Waals surface area contributed by atoms with Gasteiger partial charge >= 0.3 is 5.69 Å². The van der Waals surface area contributed by atoms with Crippen LogP contribution < -0.4 is 16.6 Å². The van der Waals surface area contributed by atoms with E-state index in [1.165, 1.54) is 11.6 Å². The number of hydrogen-bond acceptors (Lipinski definition) is 4. The van der Waals surface area contributed by atoms with Crippen molar-refractivity contribution in [2.75, 3.05) is 6.54 Å². The molecule has 0 aliphatic heterocycles. The summed E-state index contributed by atoms with van der Waals surface area (Å²) in [5.41, 5.74) is -0.0179. The van der Waals surface area contributed by atoms with Crippen molar-refractivity contribution in [2.24, 2.45) is 14.1 Å². The van der Waals surface area contributed by atoms with Gasteiger partial charge in [0.1, 0.15) is 0 Å². The summed E-state index contributed by atoms with van der Waals surface area (Å²) in [7, 11) is 3.10. The second-order valence-corrected chi connectivity index (χ2v) is 4.58. The Labute approximate surface area is 106 Å². The van der Waals surface area contributed by atoms with Crippen LogP contribution >= 0.6 is 0 Å². The van der Waals surface area contributed by atoms with E-state index in [9.17, 15) is 9.59 Å². The van der Waals surface area contributed by atoms with Crippen LogP contribution in [0.5, 0.6) is 0 Å². The van der Waals surface area contributed by atoms with Gasteiger partial charge in [0.2, 0.25) is 0 Å². The van der Waals surface area contributed by atoms with Crippen LogP contribution in [0.25, 0.3) is 0 Å². The molecule has 2 N–H and O–H groups in total. The van der Waals surface area contributed by atoms with Crippen LogP contribution in [-0.4, -0.2) is 26.9 Å². The summed E-state index contributed by atoms with van der Waals surface area (Å²) >= 11 is 0. The Morgan fingerprint density at radius 3 is 2.67 bits per heavy atom. The largest absolute Gasteiger partial charge is 0.393 e. The molecule has 18 heavy (non-hydrogen) atoms. The lowest BCUT2D eigenvalue weighted by Crippen LogP contribution is -2.39. The molecule has 1 heterocycles. The van der Waals surface area contributed by atoms with Crippen LogP contribution in [0, 0.1) is 0 Å². The van der Waals surface area contributed by atoms with Gasteiger partial charge in [0.25, 0.3) is 5.56 Å². The topological polar surface area (TPSA) is 76.3 Å². The molecule has 0 radical (unpaired) electrons. The highest BCUT2D eigenvalue weighted by Crippen LogP contribution is 1.94. The minimum atomic E-state index is -0.321. The van der Waals surface area contributed by atoms with Crippen LogP contribution in [0.2, 0.25) is 0 Å². The fraction of sp³-hybridized carbons (Fsp3) is 0.667. The van der Waals surface area contributed by atoms with Gasteiger partial charge in [-0.2, -0.15) is 0 Å². The SMILES string of the molecule is CC(O)CCCNCc1cn(C)c(=O)n(C)c1=O. The lowest BCUT2D eigenvalue weighted by Gasteiger charge is -2.08. The number of aryl methyl sites for hydroxylation is 1. The predicted octanol–water partition coefficient (Wildman–Crippen LogP) is -0.665. The Bertz CT molecular complexity index is 502. The number of nitrogens with zero attached hydrogens (tertiary/aromatic N) is 2. The maximum absolute atomic E-state index is 11.8. The summed E-state index contributed by atoms with van der Waals surface area (Å²) in [6, 6.07) is 0. The van der Waals surface area contributed by atoms with Crippen molar-refractivity contribution in [3.8, 4) is 0 Å². The summed E-state index contributed by atoms with van der Waals surface area (Å²) in [5.74, 6) is 0. The van der Waals surface area contributed by atoms with Crippen molar-refractivity contribution in [1.82, 2.24) is 14.5 Å². The van der Waals surface area contributed by atoms with Gasteiger partial charge in [0.15, 0.2) is 0 Å². The molecule has 0 aliphatic carbocycles. The van der Waals surface area contributed by atoms with Crippen molar-refractivity contribution in [3.05, 3.63) is 32.6 Å². The molecule has 0 aromatic carbocycles. The average molecular weight is 255 g/mol. The predicted molar refractivity (Wildman–Crippen MR) is 69.5 cm³/mol. The van der Waals surface area contributed by atoms with Crippen molar-refractivity contribution in [2.45, 2.75) is 32.4 Å². The minimum Gasteiger partial charge on any atom is -0.393 e. The lowest BCUT2D eigenvalue weighted by molar-refractivity contribution is 0.181. The number of nitrogens with one attached hydrogen (secondary N) is 1. The molecule has 102 valence electrons. The van der Waals surface area contributed by atoms with E-state index in [-0.39, 0.29) is 17.4 Å². The van der Waals surface area contributed by atoms with E-state index < -0.39 is 0 Å². The first-order valence-electron chi connectivity index (χ1n) is 6.07. The second kappa shape index (κ2) is 6.51. The Kier molecular flexibility index (Phi) is 5.30. The van der Waals surface area contributed by atoms with Gasteiger partial charge in [-0.3, -0.25) is 9.36 Å². The van der Waals surface area contributed by atoms with E-state index in [2.05, 4.69) is 5.32 Å². The standard InChI is InChI=1S/C12H21N3O3/c1-9(16)5-4-6-13-7-10-8-14(2)12(18)15(3)11(10)17/h8-9,13,16H,4-7H2,1-3H3. The second-order valence-electron chi connectivity index (χ2n) is 4.58. The molecular weight excluding hydrogens is 234 g/mol. The quantitative estimate of drug-likeness (QED) is 0.661. The lowest BCUT2D eigenvalue weighted by atomic mass is 10.2. The molecule has 6 nitrogen and oxygen atoms in total. The van der Waals surface area contributed by atoms with Gasteiger partial charge in [-0.1, -0.05) is 0 Å². The smallest absolute Gasteiger partial charge is 0.330 e. The van der Waals surface area contributed by atoms with E-state index in [0.29, 0.717) is 12.1 Å². The van der Waals surface area contributed by atoms with Crippen molar-refractivity contribution >= 4 is 0 Å². The van der Waals surface area contributed by atoms with Crippen LogP contribution in [0.3, 0.4) is 0 Å². The molecular formula is C12H21N3O3. The van der Waals surface area contributed by atoms with Gasteiger partial charge < -0.3 is 15.0 Å². The Balaban J connectivity index is 2.59. The zero-order valence-electron chi connectivity index (χ0n) is 11.1. The molecule has 1 aromatic rings. The number of rotatable bonds is 6. The normalized spacial score (nSPS) is 12.7. The third-order valence-electron chi connectivity index (χ3n) is 2.81. The van der Waals surface area contributed by atoms with Crippen molar-refractivity contribution < 1.29 is 5.11 Å². The average Bonchev–Trinajstić information content (AvgIpc) is 2.32. The van der Waals surface area contributed by atoms with Crippen LogP contribution in [0.4, 0.5) is 0 Å². The molecule has 1 atom stereocenters. The van der Waals surface area contributed by atoms with Gasteiger partial charge in [0.05, 0.1) is 6.10 Å². The molecule has 0 bridgehead atoms. The van der Waals surface area contributed by atoms with Crippen LogP contribution in [-0.2, 0) is 20.6 Å². The molecule has 0 spiro atoms. The highest BCUT2D eigenvalue weighted by atomic mass is 16.3. The number of hydrogen-bond donors (Lipinski definition) is 2. The fourth-order valence-corrected chi connectivity index (χ4v) is 1.75. The summed E-state index contributed by atoms with van der Waals surface area (Å²) in [6.45, 7) is 2.92. The van der Waals surface area contributed by atoms with E-state index in [1.54, 1.807) is 20.2 Å². The van der Waals surface area contributed by atoms with E-state index in [4.69, 9.17) is 5.11 Å². The zero-order valence-corrected chi connectivity index (χ0v) is 11.1. The molecule has 1 unspecified atom stereocenters. The Hall–Kier alpha value is -1.40. The highest BCUT2D eigenvalue weighted by molar-refractivity contribution is 5.05. The fourth-order valence-electron chi connectivity index (χ4n) is 1.75. The summed E-state index contributed by atoms with van der Waals surface area (Å²) in [4.78, 5) is 23.3. The highest BCUT2D eigenvalue weighted by Gasteiger charge is 2.06. The maximum atomic E-state index is 11.8. The summed E-state index contributed by atoms with van der Waals surface area (Å²) in [6.07, 6.45) is 2.85. The van der Waals surface area contributed by atoms with E-state index >= 15 is 0 Å². The minimum absolute atomic E-state index is 0.263. The molecule has 1 rings (SSSR count). The molecule has 0 saturated carbocycles. The van der Waals surface area contributed by atoms with Gasteiger partial charge in [0, 0.05) is 32.4 Å². The first-order valence-corrected chi connectivity index (χ1v) is 6.07. The third kappa shape index (κ3) is 3.82.